The van der Waals surface area contributed by atoms with Crippen molar-refractivity contribution in [1.29, 1.82) is 0 Å². The lowest BCUT2D eigenvalue weighted by molar-refractivity contribution is 0.251. The Morgan fingerprint density at radius 2 is 0.772 bits per heavy atom. The van der Waals surface area contributed by atoms with Gasteiger partial charge in [-0.25, -0.2) is 0 Å². The van der Waals surface area contributed by atoms with Crippen molar-refractivity contribution in [2.24, 2.45) is 0 Å². The van der Waals surface area contributed by atoms with Gasteiger partial charge in [0, 0.05) is 5.56 Å². The highest BCUT2D eigenvalue weighted by Crippen LogP contribution is 2.51. The maximum atomic E-state index is 6.87. The molecule has 0 atom stereocenters. The van der Waals surface area contributed by atoms with E-state index in [4.69, 9.17) is 31.9 Å². The molecule has 0 aliphatic heterocycles. The lowest BCUT2D eigenvalue weighted by Gasteiger charge is -2.25. The van der Waals surface area contributed by atoms with E-state index >= 15 is 0 Å². The van der Waals surface area contributed by atoms with Crippen molar-refractivity contribution >= 4 is 17.2 Å². The van der Waals surface area contributed by atoms with Crippen LogP contribution in [0.15, 0.2) is 91.0 Å². The van der Waals surface area contributed by atoms with E-state index in [0.717, 1.165) is 61.6 Å². The minimum absolute atomic E-state index is 0.0937. The van der Waals surface area contributed by atoms with Gasteiger partial charge in [0.2, 0.25) is 0 Å². The second-order valence-electron chi connectivity index (χ2n) is 15.9. The van der Waals surface area contributed by atoms with E-state index in [-0.39, 0.29) is 30.3 Å². The monoisotopic (exact) mass is 810 g/mol. The fraction of sp³-hybridized carbons (Fsp3) is 0.375. The molecule has 0 saturated heterocycles. The first-order chi connectivity index (χ1) is 27.1. The Labute approximate surface area is 344 Å². The molecule has 5 aromatic rings. The van der Waals surface area contributed by atoms with Crippen LogP contribution < -0.4 is 27.4 Å². The Morgan fingerprint density at radius 1 is 0.421 bits per heavy atom. The van der Waals surface area contributed by atoms with Gasteiger partial charge in [0.15, 0.2) is 11.5 Å². The van der Waals surface area contributed by atoms with Gasteiger partial charge >= 0.3 is 17.2 Å². The predicted molar refractivity (Wildman–Crippen MR) is 236 cm³/mol. The Hall–Kier alpha value is -4.28. The van der Waals surface area contributed by atoms with Crippen LogP contribution in [0.1, 0.15) is 129 Å². The first kappa shape index (κ1) is 43.8. The molecule has 0 aliphatic rings. The van der Waals surface area contributed by atoms with Gasteiger partial charge in [-0.1, -0.05) is 116 Å². The Morgan fingerprint density at radius 3 is 1.11 bits per heavy atom. The third-order valence-electron chi connectivity index (χ3n) is 9.63. The molecular weight excluding hydrogens is 750 g/mol. The zero-order valence-electron chi connectivity index (χ0n) is 35.9. The van der Waals surface area contributed by atoms with Crippen LogP contribution >= 0.6 is 17.2 Å². The summed E-state index contributed by atoms with van der Waals surface area (Å²) in [6.45, 7) is 25.5. The Kier molecular flexibility index (Phi) is 15.3. The minimum Gasteiger partial charge on any atom is -0.493 e. The van der Waals surface area contributed by atoms with E-state index in [1.165, 1.54) is 0 Å². The molecule has 0 bridgehead atoms. The Balaban J connectivity index is 1.55. The summed E-state index contributed by atoms with van der Waals surface area (Å²) in [5.74, 6) is 4.76. The summed E-state index contributed by atoms with van der Waals surface area (Å²) in [6, 6.07) is 30.8. The van der Waals surface area contributed by atoms with E-state index in [1.807, 2.05) is 42.5 Å². The third-order valence-corrected chi connectivity index (χ3v) is 11.7. The molecule has 5 aromatic carbocycles. The van der Waals surface area contributed by atoms with Crippen LogP contribution in [0.3, 0.4) is 0 Å². The zero-order chi connectivity index (χ0) is 41.4. The molecule has 0 heterocycles. The summed E-state index contributed by atoms with van der Waals surface area (Å²) < 4.78 is 46.5. The normalized spacial score (nSPS) is 11.6. The van der Waals surface area contributed by atoms with Crippen molar-refractivity contribution in [2.45, 2.75) is 113 Å². The third kappa shape index (κ3) is 11.7. The molecule has 9 heteroatoms. The van der Waals surface area contributed by atoms with Gasteiger partial charge < -0.3 is 27.4 Å². The maximum absolute atomic E-state index is 6.87. The van der Waals surface area contributed by atoms with Crippen LogP contribution in [-0.4, -0.2) is 7.11 Å². The first-order valence-corrected chi connectivity index (χ1v) is 22.0. The number of ether oxygens (including phenoxy) is 1. The summed E-state index contributed by atoms with van der Waals surface area (Å²) in [4.78, 5) is 0. The second kappa shape index (κ2) is 19.9. The van der Waals surface area contributed by atoms with Crippen molar-refractivity contribution < 1.29 is 31.9 Å². The molecular formula is C48H60O7P2. The Bertz CT molecular complexity index is 1990. The average Bonchev–Trinajstić information content (AvgIpc) is 3.13. The van der Waals surface area contributed by atoms with E-state index in [0.29, 0.717) is 23.0 Å². The number of hydrogen-bond donors (Lipinski definition) is 0. The van der Waals surface area contributed by atoms with E-state index in [9.17, 15) is 0 Å². The highest BCUT2D eigenvalue weighted by molar-refractivity contribution is 7.43. The number of methoxy groups -OCH3 is 1. The summed E-state index contributed by atoms with van der Waals surface area (Å²) in [5.41, 5.74) is 9.32. The molecule has 0 radical (unpaired) electrons. The fourth-order valence-electron chi connectivity index (χ4n) is 6.37. The van der Waals surface area contributed by atoms with Gasteiger partial charge in [0.25, 0.3) is 0 Å². The average molecular weight is 811 g/mol. The first-order valence-electron chi connectivity index (χ1n) is 19.8. The van der Waals surface area contributed by atoms with Crippen LogP contribution in [0.5, 0.6) is 34.5 Å². The van der Waals surface area contributed by atoms with Gasteiger partial charge in [-0.2, -0.15) is 0 Å². The maximum Gasteiger partial charge on any atom is 0.530 e. The number of para-hydroxylation sites is 1. The van der Waals surface area contributed by atoms with E-state index in [2.05, 4.69) is 132 Å². The van der Waals surface area contributed by atoms with Crippen LogP contribution in [0.2, 0.25) is 0 Å². The summed E-state index contributed by atoms with van der Waals surface area (Å²) in [5, 5.41) is 0. The largest absolute Gasteiger partial charge is 0.530 e. The van der Waals surface area contributed by atoms with Crippen molar-refractivity contribution in [3.63, 3.8) is 0 Å². The van der Waals surface area contributed by atoms with E-state index < -0.39 is 17.2 Å². The van der Waals surface area contributed by atoms with Gasteiger partial charge in [-0.05, 0) is 126 Å². The molecule has 5 rings (SSSR count). The molecule has 0 N–H and O–H groups in total. The van der Waals surface area contributed by atoms with Crippen LogP contribution in [0.25, 0.3) is 0 Å². The van der Waals surface area contributed by atoms with Crippen LogP contribution in [0.4, 0.5) is 0 Å². The predicted octanol–water partition coefficient (Wildman–Crippen LogP) is 15.1. The minimum atomic E-state index is -2.06. The molecule has 0 amide bonds. The molecule has 0 aromatic heterocycles. The second-order valence-corrected chi connectivity index (χ2v) is 18.0. The zero-order valence-corrected chi connectivity index (χ0v) is 37.7. The van der Waals surface area contributed by atoms with Gasteiger partial charge in [0.1, 0.15) is 23.0 Å². The van der Waals surface area contributed by atoms with Crippen LogP contribution in [-0.2, 0) is 11.1 Å². The number of rotatable bonds is 18. The standard InChI is InChI=1S/C48H60O7P2/c1-30(2)39-21-17-34(9)25-44(39)51-56(52-45-26-35(10)18-22-40(45)31(3)4)50-29-38-15-14-16-43(49-13)48(38)55-57(53-46-27-36(11)19-23-41(46)32(5)6)54-47-28-37(12)20-24-42(47)33(7)8/h14-28,30-33H,29H2,1-13H3. The molecule has 0 aliphatic carbocycles. The highest BCUT2D eigenvalue weighted by atomic mass is 31.2. The molecule has 0 saturated carbocycles. The van der Waals surface area contributed by atoms with Crippen molar-refractivity contribution in [1.82, 2.24) is 0 Å². The molecule has 7 nitrogen and oxygen atoms in total. The van der Waals surface area contributed by atoms with Crippen molar-refractivity contribution in [3.8, 4) is 34.5 Å². The van der Waals surface area contributed by atoms with Crippen molar-refractivity contribution in [2.75, 3.05) is 7.11 Å². The lowest BCUT2D eigenvalue weighted by atomic mass is 10.0. The van der Waals surface area contributed by atoms with Crippen LogP contribution in [0, 0.1) is 27.7 Å². The van der Waals surface area contributed by atoms with Gasteiger partial charge in [-0.15, -0.1) is 0 Å². The van der Waals surface area contributed by atoms with E-state index in [1.54, 1.807) is 7.11 Å². The molecule has 0 fully saturated rings. The van der Waals surface area contributed by atoms with Gasteiger partial charge in [0.05, 0.1) is 13.7 Å². The topological polar surface area (TPSA) is 64.6 Å². The smallest absolute Gasteiger partial charge is 0.493 e. The summed E-state index contributed by atoms with van der Waals surface area (Å²) >= 11 is 0. The molecule has 0 spiro atoms. The summed E-state index contributed by atoms with van der Waals surface area (Å²) in [7, 11) is -2.39. The SMILES string of the molecule is COc1cccc(COP(Oc2cc(C)ccc2C(C)C)Oc2cc(C)ccc2C(C)C)c1OP(Oc1cc(C)ccc1C(C)C)Oc1cc(C)ccc1C(C)C. The number of aryl methyl sites for hydroxylation is 4. The lowest BCUT2D eigenvalue weighted by Crippen LogP contribution is -2.09. The quantitative estimate of drug-likeness (QED) is 0.0817. The highest BCUT2D eigenvalue weighted by Gasteiger charge is 2.29. The van der Waals surface area contributed by atoms with Gasteiger partial charge in [-0.3, -0.25) is 4.52 Å². The summed E-state index contributed by atoms with van der Waals surface area (Å²) in [6.07, 6.45) is 0. The molecule has 304 valence electrons. The molecule has 57 heavy (non-hydrogen) atoms. The number of hydrogen-bond acceptors (Lipinski definition) is 7. The molecule has 0 unspecified atom stereocenters. The van der Waals surface area contributed by atoms with Crippen molar-refractivity contribution in [3.05, 3.63) is 141 Å². The fourth-order valence-corrected chi connectivity index (χ4v) is 8.51. The number of benzene rings is 5.